The lowest BCUT2D eigenvalue weighted by Gasteiger charge is -2.09. The van der Waals surface area contributed by atoms with Crippen LogP contribution in [-0.2, 0) is 25.8 Å². The first-order valence-corrected chi connectivity index (χ1v) is 11.1. The van der Waals surface area contributed by atoms with Gasteiger partial charge in [0.05, 0.1) is 24.8 Å². The summed E-state index contributed by atoms with van der Waals surface area (Å²) in [4.78, 5) is 12.7. The molecule has 0 unspecified atom stereocenters. The van der Waals surface area contributed by atoms with Crippen molar-refractivity contribution in [2.24, 2.45) is 0 Å². The molecule has 1 N–H and O–H groups in total. The molecule has 0 fully saturated rings. The van der Waals surface area contributed by atoms with Gasteiger partial charge in [0.15, 0.2) is 5.69 Å². The second-order valence-electron chi connectivity index (χ2n) is 8.73. The van der Waals surface area contributed by atoms with E-state index in [4.69, 9.17) is 0 Å². The van der Waals surface area contributed by atoms with Gasteiger partial charge in [-0.15, -0.1) is 0 Å². The number of nitrogens with one attached hydrogen (secondary N) is 1. The van der Waals surface area contributed by atoms with Crippen molar-refractivity contribution in [3.05, 3.63) is 106 Å². The summed E-state index contributed by atoms with van der Waals surface area (Å²) in [5, 5.41) is 10.5. The lowest BCUT2D eigenvalue weighted by molar-refractivity contribution is -0.141. The molecule has 4 rings (SSSR count). The summed E-state index contributed by atoms with van der Waals surface area (Å²) in [6, 6.07) is 13.2. The molecule has 1 amide bonds. The average Bonchev–Trinajstić information content (AvgIpc) is 3.40. The molecule has 6 nitrogen and oxygen atoms in total. The van der Waals surface area contributed by atoms with Crippen molar-refractivity contribution in [3.63, 3.8) is 0 Å². The highest BCUT2D eigenvalue weighted by Crippen LogP contribution is 2.31. The van der Waals surface area contributed by atoms with Crippen LogP contribution in [-0.4, -0.2) is 25.5 Å². The Balaban J connectivity index is 1.48. The van der Waals surface area contributed by atoms with Gasteiger partial charge in [-0.05, 0) is 48.6 Å². The van der Waals surface area contributed by atoms with E-state index in [1.807, 2.05) is 74.1 Å². The van der Waals surface area contributed by atoms with Crippen LogP contribution in [0.15, 0.2) is 61.1 Å². The molecule has 0 aliphatic carbocycles. The molecule has 4 aromatic rings. The predicted octanol–water partition coefficient (Wildman–Crippen LogP) is 5.05. The molecule has 35 heavy (non-hydrogen) atoms. The van der Waals surface area contributed by atoms with Crippen molar-refractivity contribution in [1.82, 2.24) is 24.9 Å². The largest absolute Gasteiger partial charge is 0.435 e. The summed E-state index contributed by atoms with van der Waals surface area (Å²) < 4.78 is 43.9. The van der Waals surface area contributed by atoms with Crippen LogP contribution in [0.25, 0.3) is 0 Å². The topological polar surface area (TPSA) is 64.7 Å². The first-order chi connectivity index (χ1) is 16.6. The Morgan fingerprint density at radius 3 is 2.14 bits per heavy atom. The Kier molecular flexibility index (Phi) is 6.77. The molecule has 182 valence electrons. The molecule has 0 spiro atoms. The van der Waals surface area contributed by atoms with E-state index in [1.54, 1.807) is 6.20 Å². The molecule has 0 saturated heterocycles. The van der Waals surface area contributed by atoms with Crippen molar-refractivity contribution in [2.45, 2.75) is 46.6 Å². The van der Waals surface area contributed by atoms with Crippen molar-refractivity contribution >= 4 is 5.91 Å². The quantitative estimate of drug-likeness (QED) is 0.402. The molecular weight excluding hydrogens is 455 g/mol. The fourth-order valence-corrected chi connectivity index (χ4v) is 3.87. The van der Waals surface area contributed by atoms with Crippen LogP contribution in [0.2, 0.25) is 0 Å². The molecule has 2 heterocycles. The zero-order valence-electron chi connectivity index (χ0n) is 19.7. The van der Waals surface area contributed by atoms with Crippen molar-refractivity contribution in [1.29, 1.82) is 0 Å². The fraction of sp³-hybridized carbons (Fsp3) is 0.269. The van der Waals surface area contributed by atoms with Crippen molar-refractivity contribution < 1.29 is 18.0 Å². The van der Waals surface area contributed by atoms with Crippen molar-refractivity contribution in [2.75, 3.05) is 0 Å². The van der Waals surface area contributed by atoms with Crippen LogP contribution in [0.1, 0.15) is 49.4 Å². The Labute approximate surface area is 201 Å². The van der Waals surface area contributed by atoms with Gasteiger partial charge in [-0.1, -0.05) is 48.0 Å². The number of hydrogen-bond acceptors (Lipinski definition) is 3. The van der Waals surface area contributed by atoms with Crippen LogP contribution in [0, 0.1) is 20.8 Å². The molecule has 0 aliphatic rings. The number of hydrogen-bond donors (Lipinski definition) is 1. The van der Waals surface area contributed by atoms with Crippen LogP contribution >= 0.6 is 0 Å². The number of amides is 1. The molecule has 0 bridgehead atoms. The maximum absolute atomic E-state index is 13.6. The Morgan fingerprint density at radius 1 is 0.914 bits per heavy atom. The van der Waals surface area contributed by atoms with Gasteiger partial charge in [0.1, 0.15) is 0 Å². The number of carbonyl (C=O) groups is 1. The third-order valence-electron chi connectivity index (χ3n) is 5.69. The highest BCUT2D eigenvalue weighted by atomic mass is 19.4. The fourth-order valence-electron chi connectivity index (χ4n) is 3.87. The number of rotatable bonds is 7. The van der Waals surface area contributed by atoms with Crippen LogP contribution in [0.5, 0.6) is 0 Å². The number of aryl methyl sites for hydroxylation is 3. The minimum absolute atomic E-state index is 0.106. The zero-order chi connectivity index (χ0) is 25.2. The van der Waals surface area contributed by atoms with Gasteiger partial charge in [0, 0.05) is 18.9 Å². The summed E-state index contributed by atoms with van der Waals surface area (Å²) in [5.41, 5.74) is 4.04. The SMILES string of the molecule is Cc1ccc(CNC(=O)c2cn(Cc3ccc(Cn4cc(C)cn4)cc3)nc2C(F)(F)F)c(C)c1. The van der Waals surface area contributed by atoms with E-state index < -0.39 is 23.3 Å². The second-order valence-corrected chi connectivity index (χ2v) is 8.73. The number of halogens is 3. The second kappa shape index (κ2) is 9.77. The van der Waals surface area contributed by atoms with E-state index in [9.17, 15) is 18.0 Å². The molecule has 9 heteroatoms. The average molecular weight is 482 g/mol. The molecule has 0 atom stereocenters. The van der Waals surface area contributed by atoms with Crippen LogP contribution in [0.3, 0.4) is 0 Å². The Morgan fingerprint density at radius 2 is 1.57 bits per heavy atom. The third kappa shape index (κ3) is 5.98. The van der Waals surface area contributed by atoms with Gasteiger partial charge in [-0.2, -0.15) is 23.4 Å². The third-order valence-corrected chi connectivity index (χ3v) is 5.69. The maximum Gasteiger partial charge on any atom is 0.435 e. The Bertz CT molecular complexity index is 1340. The van der Waals surface area contributed by atoms with E-state index in [0.29, 0.717) is 6.54 Å². The highest BCUT2D eigenvalue weighted by molar-refractivity contribution is 5.95. The molecule has 2 aromatic heterocycles. The maximum atomic E-state index is 13.6. The summed E-state index contributed by atoms with van der Waals surface area (Å²) >= 11 is 0. The number of nitrogens with zero attached hydrogens (tertiary/aromatic N) is 4. The summed E-state index contributed by atoms with van der Waals surface area (Å²) in [6.07, 6.45) is 0.118. The van der Waals surface area contributed by atoms with E-state index in [0.717, 1.165) is 44.3 Å². The van der Waals surface area contributed by atoms with Crippen LogP contribution < -0.4 is 5.32 Å². The summed E-state index contributed by atoms with van der Waals surface area (Å²) in [6.45, 7) is 6.64. The van der Waals surface area contributed by atoms with Gasteiger partial charge in [-0.25, -0.2) is 0 Å². The number of alkyl halides is 3. The smallest absolute Gasteiger partial charge is 0.348 e. The van der Waals surface area contributed by atoms with E-state index in [2.05, 4.69) is 15.5 Å². The lowest BCUT2D eigenvalue weighted by atomic mass is 10.1. The van der Waals surface area contributed by atoms with Gasteiger partial charge in [-0.3, -0.25) is 14.2 Å². The summed E-state index contributed by atoms with van der Waals surface area (Å²) in [5.74, 6) is -0.812. The number of aromatic nitrogens is 4. The molecule has 0 aliphatic heterocycles. The molecular formula is C26H26F3N5O. The standard InChI is InChI=1S/C26H26F3N5O/c1-17-4-9-22(19(3)10-17)12-30-25(35)23-16-34(32-24(23)26(27,28)29)15-21-7-5-20(6-8-21)14-33-13-18(2)11-31-33/h4-11,13,16H,12,14-15H2,1-3H3,(H,30,35). The lowest BCUT2D eigenvalue weighted by Crippen LogP contribution is -2.25. The monoisotopic (exact) mass is 481 g/mol. The normalized spacial score (nSPS) is 11.6. The summed E-state index contributed by atoms with van der Waals surface area (Å²) in [7, 11) is 0. The number of carbonyl (C=O) groups excluding carboxylic acids is 1. The number of benzene rings is 2. The molecule has 0 saturated carbocycles. The first kappa shape index (κ1) is 24.3. The van der Waals surface area contributed by atoms with Crippen LogP contribution in [0.4, 0.5) is 13.2 Å². The molecule has 2 aromatic carbocycles. The molecule has 0 radical (unpaired) electrons. The minimum atomic E-state index is -4.75. The van der Waals surface area contributed by atoms with Gasteiger partial charge < -0.3 is 5.32 Å². The Hall–Kier alpha value is -3.88. The highest BCUT2D eigenvalue weighted by Gasteiger charge is 2.39. The van der Waals surface area contributed by atoms with E-state index in [1.165, 1.54) is 0 Å². The van der Waals surface area contributed by atoms with Gasteiger partial charge in [0.25, 0.3) is 5.91 Å². The van der Waals surface area contributed by atoms with E-state index >= 15 is 0 Å². The minimum Gasteiger partial charge on any atom is -0.348 e. The van der Waals surface area contributed by atoms with E-state index in [-0.39, 0.29) is 13.1 Å². The van der Waals surface area contributed by atoms with Gasteiger partial charge >= 0.3 is 6.18 Å². The van der Waals surface area contributed by atoms with Gasteiger partial charge in [0.2, 0.25) is 0 Å². The zero-order valence-corrected chi connectivity index (χ0v) is 19.7. The predicted molar refractivity (Wildman–Crippen MR) is 126 cm³/mol. The van der Waals surface area contributed by atoms with Crippen molar-refractivity contribution in [3.8, 4) is 0 Å². The first-order valence-electron chi connectivity index (χ1n) is 11.1.